The lowest BCUT2D eigenvalue weighted by molar-refractivity contribution is -0.123. The van der Waals surface area contributed by atoms with Crippen LogP contribution < -0.4 is 20.9 Å². The summed E-state index contributed by atoms with van der Waals surface area (Å²) in [6.07, 6.45) is 0. The highest BCUT2D eigenvalue weighted by atomic mass is 19.1. The zero-order valence-electron chi connectivity index (χ0n) is 12.4. The number of hydrazine groups is 1. The van der Waals surface area contributed by atoms with Gasteiger partial charge < -0.3 is 10.1 Å². The minimum atomic E-state index is -0.617. The fourth-order valence-electron chi connectivity index (χ4n) is 1.73. The zero-order valence-corrected chi connectivity index (χ0v) is 12.4. The van der Waals surface area contributed by atoms with Crippen molar-refractivity contribution in [2.45, 2.75) is 6.92 Å². The SMILES string of the molecule is Cc1ccccc1NC(=O)NNC(=O)COc1ccccc1F. The Hall–Kier alpha value is -3.09. The Labute approximate surface area is 132 Å². The van der Waals surface area contributed by atoms with Crippen molar-refractivity contribution in [3.63, 3.8) is 0 Å². The number of halogens is 1. The Morgan fingerprint density at radius 3 is 2.48 bits per heavy atom. The van der Waals surface area contributed by atoms with E-state index in [2.05, 4.69) is 16.2 Å². The van der Waals surface area contributed by atoms with Gasteiger partial charge in [-0.05, 0) is 30.7 Å². The molecule has 23 heavy (non-hydrogen) atoms. The van der Waals surface area contributed by atoms with Gasteiger partial charge in [-0.3, -0.25) is 10.2 Å². The molecule has 3 amide bonds. The molecule has 3 N–H and O–H groups in total. The minimum absolute atomic E-state index is 0.0352. The van der Waals surface area contributed by atoms with E-state index in [-0.39, 0.29) is 5.75 Å². The number of hydrogen-bond acceptors (Lipinski definition) is 3. The maximum atomic E-state index is 13.3. The van der Waals surface area contributed by atoms with Crippen LogP contribution in [0.4, 0.5) is 14.9 Å². The third-order valence-electron chi connectivity index (χ3n) is 2.90. The number of ether oxygens (including phenoxy) is 1. The molecule has 0 heterocycles. The normalized spacial score (nSPS) is 9.83. The fraction of sp³-hybridized carbons (Fsp3) is 0.125. The molecule has 0 saturated carbocycles. The molecule has 0 aliphatic heterocycles. The molecule has 0 atom stereocenters. The van der Waals surface area contributed by atoms with Crippen LogP contribution >= 0.6 is 0 Å². The first-order chi connectivity index (χ1) is 11.1. The van der Waals surface area contributed by atoms with Gasteiger partial charge in [-0.15, -0.1) is 0 Å². The monoisotopic (exact) mass is 317 g/mol. The first kappa shape index (κ1) is 16.3. The molecular formula is C16H16FN3O3. The van der Waals surface area contributed by atoms with Crippen molar-refractivity contribution >= 4 is 17.6 Å². The number of carbonyl (C=O) groups is 2. The van der Waals surface area contributed by atoms with Gasteiger partial charge in [-0.1, -0.05) is 30.3 Å². The Morgan fingerprint density at radius 1 is 1.04 bits per heavy atom. The van der Waals surface area contributed by atoms with Crippen LogP contribution in [0.25, 0.3) is 0 Å². The molecule has 2 rings (SSSR count). The van der Waals surface area contributed by atoms with Gasteiger partial charge in [0.1, 0.15) is 0 Å². The molecule has 0 radical (unpaired) electrons. The summed E-state index contributed by atoms with van der Waals surface area (Å²) in [5, 5.41) is 2.58. The van der Waals surface area contributed by atoms with Gasteiger partial charge in [-0.2, -0.15) is 0 Å². The standard InChI is InChI=1S/C16H16FN3O3/c1-11-6-2-4-8-13(11)18-16(22)20-19-15(21)10-23-14-9-5-3-7-12(14)17/h2-9H,10H2,1H3,(H,19,21)(H2,18,20,22). The van der Waals surface area contributed by atoms with Crippen molar-refractivity contribution in [1.82, 2.24) is 10.9 Å². The smallest absolute Gasteiger partial charge is 0.337 e. The van der Waals surface area contributed by atoms with E-state index in [1.54, 1.807) is 18.2 Å². The van der Waals surface area contributed by atoms with Gasteiger partial charge in [0, 0.05) is 5.69 Å². The lowest BCUT2D eigenvalue weighted by Crippen LogP contribution is -2.45. The van der Waals surface area contributed by atoms with Crippen LogP contribution in [0.3, 0.4) is 0 Å². The van der Waals surface area contributed by atoms with Crippen LogP contribution in [0.15, 0.2) is 48.5 Å². The molecule has 7 heteroatoms. The number of anilines is 1. The van der Waals surface area contributed by atoms with Crippen LogP contribution in [-0.2, 0) is 4.79 Å². The van der Waals surface area contributed by atoms with Gasteiger partial charge in [0.15, 0.2) is 18.2 Å². The summed E-state index contributed by atoms with van der Waals surface area (Å²) in [4.78, 5) is 23.2. The van der Waals surface area contributed by atoms with Crippen molar-refractivity contribution in [3.8, 4) is 5.75 Å². The largest absolute Gasteiger partial charge is 0.481 e. The summed E-state index contributed by atoms with van der Waals surface area (Å²) in [7, 11) is 0. The number of rotatable bonds is 4. The number of carbonyl (C=O) groups excluding carboxylic acids is 2. The summed E-state index contributed by atoms with van der Waals surface area (Å²) in [6, 6.07) is 12.3. The van der Waals surface area contributed by atoms with E-state index in [0.717, 1.165) is 5.56 Å². The maximum Gasteiger partial charge on any atom is 0.337 e. The average molecular weight is 317 g/mol. The first-order valence-electron chi connectivity index (χ1n) is 6.85. The Balaban J connectivity index is 1.75. The van der Waals surface area contributed by atoms with Gasteiger partial charge in [0.05, 0.1) is 0 Å². The third kappa shape index (κ3) is 4.99. The summed E-state index contributed by atoms with van der Waals surface area (Å²) in [6.45, 7) is 1.42. The van der Waals surface area contributed by atoms with Crippen molar-refractivity contribution in [2.75, 3.05) is 11.9 Å². The predicted octanol–water partition coefficient (Wildman–Crippen LogP) is 2.37. The molecule has 0 aromatic heterocycles. The van der Waals surface area contributed by atoms with Crippen molar-refractivity contribution in [2.24, 2.45) is 0 Å². The molecule has 0 aliphatic carbocycles. The van der Waals surface area contributed by atoms with E-state index in [9.17, 15) is 14.0 Å². The molecule has 0 bridgehead atoms. The fourth-order valence-corrected chi connectivity index (χ4v) is 1.73. The summed E-state index contributed by atoms with van der Waals surface area (Å²) in [5.41, 5.74) is 5.86. The van der Waals surface area contributed by atoms with E-state index in [1.165, 1.54) is 18.2 Å². The molecule has 0 aliphatic rings. The Morgan fingerprint density at radius 2 is 1.74 bits per heavy atom. The van der Waals surface area contributed by atoms with Crippen LogP contribution in [-0.4, -0.2) is 18.5 Å². The lowest BCUT2D eigenvalue weighted by Gasteiger charge is -2.11. The van der Waals surface area contributed by atoms with E-state index in [1.807, 2.05) is 19.1 Å². The molecule has 2 aromatic carbocycles. The molecular weight excluding hydrogens is 301 g/mol. The van der Waals surface area contributed by atoms with Crippen molar-refractivity contribution in [1.29, 1.82) is 0 Å². The van der Waals surface area contributed by atoms with Crippen LogP contribution in [0.5, 0.6) is 5.75 Å². The molecule has 6 nitrogen and oxygen atoms in total. The van der Waals surface area contributed by atoms with Gasteiger partial charge >= 0.3 is 6.03 Å². The Bertz CT molecular complexity index is 706. The molecule has 0 unspecified atom stereocenters. The van der Waals surface area contributed by atoms with E-state index in [4.69, 9.17) is 4.74 Å². The van der Waals surface area contributed by atoms with Gasteiger partial charge in [-0.25, -0.2) is 14.6 Å². The number of para-hydroxylation sites is 2. The van der Waals surface area contributed by atoms with Gasteiger partial charge in [0.2, 0.25) is 0 Å². The lowest BCUT2D eigenvalue weighted by atomic mass is 10.2. The number of benzene rings is 2. The highest BCUT2D eigenvalue weighted by molar-refractivity contribution is 5.91. The van der Waals surface area contributed by atoms with Crippen LogP contribution in [0.2, 0.25) is 0 Å². The number of urea groups is 1. The number of hydrogen-bond donors (Lipinski definition) is 3. The third-order valence-corrected chi connectivity index (χ3v) is 2.90. The second-order valence-electron chi connectivity index (χ2n) is 4.66. The quantitative estimate of drug-likeness (QED) is 0.757. The predicted molar refractivity (Wildman–Crippen MR) is 83.4 cm³/mol. The second kappa shape index (κ2) is 7.79. The Kier molecular flexibility index (Phi) is 5.51. The number of aryl methyl sites for hydroxylation is 1. The number of nitrogens with one attached hydrogen (secondary N) is 3. The van der Waals surface area contributed by atoms with Crippen LogP contribution in [0, 0.1) is 12.7 Å². The van der Waals surface area contributed by atoms with Crippen molar-refractivity contribution < 1.29 is 18.7 Å². The number of amides is 3. The summed E-state index contributed by atoms with van der Waals surface area (Å²) >= 11 is 0. The van der Waals surface area contributed by atoms with Crippen LogP contribution in [0.1, 0.15) is 5.56 Å². The zero-order chi connectivity index (χ0) is 16.7. The first-order valence-corrected chi connectivity index (χ1v) is 6.85. The van der Waals surface area contributed by atoms with Crippen molar-refractivity contribution in [3.05, 3.63) is 59.9 Å². The average Bonchev–Trinajstić information content (AvgIpc) is 2.54. The highest BCUT2D eigenvalue weighted by Gasteiger charge is 2.08. The maximum absolute atomic E-state index is 13.3. The molecule has 120 valence electrons. The summed E-state index contributed by atoms with van der Waals surface area (Å²) in [5.74, 6) is -1.22. The highest BCUT2D eigenvalue weighted by Crippen LogP contribution is 2.15. The molecule has 0 spiro atoms. The molecule has 2 aromatic rings. The van der Waals surface area contributed by atoms with Gasteiger partial charge in [0.25, 0.3) is 5.91 Å². The molecule has 0 fully saturated rings. The molecule has 0 saturated heterocycles. The minimum Gasteiger partial charge on any atom is -0.481 e. The topological polar surface area (TPSA) is 79.5 Å². The second-order valence-corrected chi connectivity index (χ2v) is 4.66. The van der Waals surface area contributed by atoms with E-state index >= 15 is 0 Å². The van der Waals surface area contributed by atoms with E-state index < -0.39 is 24.4 Å². The van der Waals surface area contributed by atoms with E-state index in [0.29, 0.717) is 5.69 Å². The summed E-state index contributed by atoms with van der Waals surface area (Å²) < 4.78 is 18.3.